The van der Waals surface area contributed by atoms with Crippen LogP contribution in [0.3, 0.4) is 0 Å². The van der Waals surface area contributed by atoms with Crippen LogP contribution in [0.5, 0.6) is 0 Å². The van der Waals surface area contributed by atoms with E-state index in [1.165, 1.54) is 18.5 Å². The van der Waals surface area contributed by atoms with Crippen molar-refractivity contribution >= 4 is 28.4 Å². The van der Waals surface area contributed by atoms with Gasteiger partial charge in [0.25, 0.3) is 5.91 Å². The number of amides is 1. The third-order valence-electron chi connectivity index (χ3n) is 4.42. The van der Waals surface area contributed by atoms with Crippen LogP contribution < -0.4 is 10.6 Å². The number of carbonyl (C=O) groups excluding carboxylic acids is 1. The second kappa shape index (κ2) is 7.07. The topological polar surface area (TPSA) is 84.7 Å². The largest absolute Gasteiger partial charge is 0.355 e. The van der Waals surface area contributed by atoms with Gasteiger partial charge in [-0.1, -0.05) is 6.07 Å². The molecule has 0 saturated heterocycles. The Kier molecular flexibility index (Phi) is 4.44. The van der Waals surface area contributed by atoms with Crippen molar-refractivity contribution in [2.75, 3.05) is 12.4 Å². The summed E-state index contributed by atoms with van der Waals surface area (Å²) in [4.78, 5) is 20.6. The highest BCUT2D eigenvalue weighted by atomic mass is 19.1. The van der Waals surface area contributed by atoms with Gasteiger partial charge in [0.2, 0.25) is 0 Å². The molecule has 0 radical (unpaired) electrons. The van der Waals surface area contributed by atoms with Crippen molar-refractivity contribution in [2.45, 2.75) is 6.92 Å². The van der Waals surface area contributed by atoms with E-state index >= 15 is 0 Å². The summed E-state index contributed by atoms with van der Waals surface area (Å²) in [6.07, 6.45) is 3.09. The third kappa shape index (κ3) is 3.16. The van der Waals surface area contributed by atoms with Crippen LogP contribution in [0.25, 0.3) is 16.7 Å². The van der Waals surface area contributed by atoms with Crippen molar-refractivity contribution in [1.82, 2.24) is 25.1 Å². The molecule has 0 saturated carbocycles. The number of aromatic nitrogens is 4. The van der Waals surface area contributed by atoms with Crippen molar-refractivity contribution in [1.29, 1.82) is 0 Å². The lowest BCUT2D eigenvalue weighted by Crippen LogP contribution is -2.17. The van der Waals surface area contributed by atoms with E-state index in [4.69, 9.17) is 0 Å². The molecule has 2 N–H and O–H groups in total. The summed E-state index contributed by atoms with van der Waals surface area (Å²) in [5.74, 6) is 0.0826. The SMILES string of the molecule is CNC(=O)c1ccc(C)c(Nc2ncnc3c2cnn3-c2ccc(F)cc2)c1. The van der Waals surface area contributed by atoms with Gasteiger partial charge in [-0.25, -0.2) is 19.0 Å². The predicted octanol–water partition coefficient (Wildman–Crippen LogP) is 3.37. The molecule has 28 heavy (non-hydrogen) atoms. The van der Waals surface area contributed by atoms with Crippen LogP contribution in [0.1, 0.15) is 15.9 Å². The molecule has 140 valence electrons. The lowest BCUT2D eigenvalue weighted by Gasteiger charge is -2.11. The van der Waals surface area contributed by atoms with Gasteiger partial charge in [0.1, 0.15) is 18.0 Å². The maximum absolute atomic E-state index is 13.2. The number of hydrogen-bond donors (Lipinski definition) is 2. The van der Waals surface area contributed by atoms with Gasteiger partial charge in [0.05, 0.1) is 17.3 Å². The number of halogens is 1. The molecule has 1 amide bonds. The minimum atomic E-state index is -0.316. The van der Waals surface area contributed by atoms with Crippen LogP contribution in [-0.2, 0) is 0 Å². The number of aryl methyl sites for hydroxylation is 1. The van der Waals surface area contributed by atoms with Gasteiger partial charge in [-0.05, 0) is 48.9 Å². The van der Waals surface area contributed by atoms with E-state index in [2.05, 4.69) is 25.7 Å². The molecule has 7 nitrogen and oxygen atoms in total. The molecule has 0 aliphatic heterocycles. The number of nitrogens with one attached hydrogen (secondary N) is 2. The van der Waals surface area contributed by atoms with E-state index in [9.17, 15) is 9.18 Å². The highest BCUT2D eigenvalue weighted by Gasteiger charge is 2.13. The first-order valence-electron chi connectivity index (χ1n) is 8.61. The fraction of sp³-hybridized carbons (Fsp3) is 0.100. The molecule has 2 aromatic heterocycles. The Morgan fingerprint density at radius 2 is 1.89 bits per heavy atom. The zero-order valence-corrected chi connectivity index (χ0v) is 15.3. The van der Waals surface area contributed by atoms with Crippen LogP contribution in [0.4, 0.5) is 15.9 Å². The molecule has 0 atom stereocenters. The van der Waals surface area contributed by atoms with Crippen molar-refractivity contribution in [2.24, 2.45) is 0 Å². The van der Waals surface area contributed by atoms with E-state index in [-0.39, 0.29) is 11.7 Å². The van der Waals surface area contributed by atoms with Gasteiger partial charge in [-0.2, -0.15) is 5.10 Å². The average molecular weight is 376 g/mol. The second-order valence-electron chi connectivity index (χ2n) is 6.23. The number of nitrogens with zero attached hydrogens (tertiary/aromatic N) is 4. The fourth-order valence-corrected chi connectivity index (χ4v) is 2.88. The number of anilines is 2. The maximum atomic E-state index is 13.2. The Bertz CT molecular complexity index is 1170. The monoisotopic (exact) mass is 376 g/mol. The van der Waals surface area contributed by atoms with Crippen LogP contribution >= 0.6 is 0 Å². The van der Waals surface area contributed by atoms with Crippen molar-refractivity contribution in [3.05, 3.63) is 71.9 Å². The molecule has 8 heteroatoms. The molecule has 2 aromatic carbocycles. The van der Waals surface area contributed by atoms with Crippen molar-refractivity contribution < 1.29 is 9.18 Å². The van der Waals surface area contributed by atoms with Crippen LogP contribution in [0.15, 0.2) is 55.0 Å². The zero-order valence-electron chi connectivity index (χ0n) is 15.3. The van der Waals surface area contributed by atoms with E-state index in [0.29, 0.717) is 28.1 Å². The van der Waals surface area contributed by atoms with Gasteiger partial charge in [-0.3, -0.25) is 4.79 Å². The Morgan fingerprint density at radius 1 is 1.11 bits per heavy atom. The van der Waals surface area contributed by atoms with Crippen LogP contribution in [-0.4, -0.2) is 32.7 Å². The summed E-state index contributed by atoms with van der Waals surface area (Å²) in [7, 11) is 1.59. The Labute approximate surface area is 160 Å². The van der Waals surface area contributed by atoms with E-state index in [1.807, 2.05) is 13.0 Å². The Morgan fingerprint density at radius 3 is 2.64 bits per heavy atom. The van der Waals surface area contributed by atoms with E-state index in [1.54, 1.807) is 42.2 Å². The summed E-state index contributed by atoms with van der Waals surface area (Å²) in [5, 5.41) is 11.0. The average Bonchev–Trinajstić information content (AvgIpc) is 3.15. The summed E-state index contributed by atoms with van der Waals surface area (Å²) in [5.41, 5.74) is 3.55. The molecule has 0 spiro atoms. The van der Waals surface area contributed by atoms with E-state index in [0.717, 1.165) is 11.3 Å². The number of rotatable bonds is 4. The normalized spacial score (nSPS) is 10.8. The van der Waals surface area contributed by atoms with Gasteiger partial charge in [-0.15, -0.1) is 0 Å². The fourth-order valence-electron chi connectivity index (χ4n) is 2.88. The molecule has 0 aliphatic rings. The quantitative estimate of drug-likeness (QED) is 0.570. The molecule has 0 unspecified atom stereocenters. The Balaban J connectivity index is 1.75. The van der Waals surface area contributed by atoms with Crippen LogP contribution in [0, 0.1) is 12.7 Å². The number of benzene rings is 2. The first kappa shape index (κ1) is 17.6. The van der Waals surface area contributed by atoms with Gasteiger partial charge < -0.3 is 10.6 Å². The summed E-state index contributed by atoms with van der Waals surface area (Å²) >= 11 is 0. The molecular formula is C20H17FN6O. The first-order valence-corrected chi connectivity index (χ1v) is 8.61. The summed E-state index contributed by atoms with van der Waals surface area (Å²) in [6.45, 7) is 1.94. The summed E-state index contributed by atoms with van der Waals surface area (Å²) < 4.78 is 14.8. The number of carbonyl (C=O) groups is 1. The van der Waals surface area contributed by atoms with E-state index < -0.39 is 0 Å². The second-order valence-corrected chi connectivity index (χ2v) is 6.23. The maximum Gasteiger partial charge on any atom is 0.251 e. The van der Waals surface area contributed by atoms with Gasteiger partial charge in [0, 0.05) is 18.3 Å². The van der Waals surface area contributed by atoms with Gasteiger partial charge >= 0.3 is 0 Å². The standard InChI is InChI=1S/C20H17FN6O/c1-12-3-4-13(20(28)22-2)9-17(12)26-18-16-10-25-27(19(16)24-11-23-18)15-7-5-14(21)6-8-15/h3-11H,1-2H3,(H,22,28)(H,23,24,26). The summed E-state index contributed by atoms with van der Waals surface area (Å²) in [6, 6.07) is 11.4. The lowest BCUT2D eigenvalue weighted by molar-refractivity contribution is 0.0963. The minimum absolute atomic E-state index is 0.167. The highest BCUT2D eigenvalue weighted by Crippen LogP contribution is 2.27. The molecule has 2 heterocycles. The Hall–Kier alpha value is -3.81. The molecule has 0 bridgehead atoms. The minimum Gasteiger partial charge on any atom is -0.355 e. The van der Waals surface area contributed by atoms with Crippen LogP contribution in [0.2, 0.25) is 0 Å². The smallest absolute Gasteiger partial charge is 0.251 e. The molecule has 4 aromatic rings. The highest BCUT2D eigenvalue weighted by molar-refractivity contribution is 5.96. The zero-order chi connectivity index (χ0) is 19.7. The third-order valence-corrected chi connectivity index (χ3v) is 4.42. The molecular weight excluding hydrogens is 359 g/mol. The lowest BCUT2D eigenvalue weighted by atomic mass is 10.1. The molecule has 0 fully saturated rings. The molecule has 0 aliphatic carbocycles. The molecule has 4 rings (SSSR count). The van der Waals surface area contributed by atoms with Crippen molar-refractivity contribution in [3.8, 4) is 5.69 Å². The predicted molar refractivity (Wildman–Crippen MR) is 104 cm³/mol. The number of fused-ring (bicyclic) bond motifs is 1. The number of hydrogen-bond acceptors (Lipinski definition) is 5. The first-order chi connectivity index (χ1) is 13.6. The van der Waals surface area contributed by atoms with Crippen molar-refractivity contribution in [3.63, 3.8) is 0 Å². The van der Waals surface area contributed by atoms with Gasteiger partial charge in [0.15, 0.2) is 5.65 Å².